The van der Waals surface area contributed by atoms with Crippen LogP contribution in [0.4, 0.5) is 4.39 Å². The molecule has 8 aromatic carbocycles. The normalized spacial score (nSPS) is 11.6. The van der Waals surface area contributed by atoms with Crippen molar-refractivity contribution in [3.05, 3.63) is 182 Å². The topological polar surface area (TPSA) is 94.9 Å². The maximum absolute atomic E-state index is 13.2. The van der Waals surface area contributed by atoms with Crippen LogP contribution in [0.15, 0.2) is 164 Å². The molecule has 1 aliphatic heterocycles. The van der Waals surface area contributed by atoms with Gasteiger partial charge in [-0.05, 0) is 58.7 Å². The van der Waals surface area contributed by atoms with E-state index in [0.717, 1.165) is 62.7 Å². The number of fused-ring (bicyclic) bond motifs is 12. The van der Waals surface area contributed by atoms with Gasteiger partial charge < -0.3 is 4.74 Å². The van der Waals surface area contributed by atoms with Gasteiger partial charge in [-0.25, -0.2) is 9.37 Å². The van der Waals surface area contributed by atoms with Gasteiger partial charge in [-0.2, -0.15) is 35.9 Å². The fourth-order valence-corrected chi connectivity index (χ4v) is 6.94. The van der Waals surface area contributed by atoms with Gasteiger partial charge in [-0.15, -0.1) is 0 Å². The van der Waals surface area contributed by atoms with Crippen LogP contribution in [0.25, 0.3) is 76.4 Å². The third-order valence-electron chi connectivity index (χ3n) is 9.63. The minimum absolute atomic E-state index is 0. The molecule has 3 heterocycles. The van der Waals surface area contributed by atoms with Crippen molar-refractivity contribution in [2.24, 2.45) is 0 Å². The standard InChI is InChI=1S/C22H13FN2.C16H10N2.C7H7.C4H8O.Li.Mn.2O/c23-15-11-9-14(10-12-15)20-13-24-21-18-7-3-1-5-16(18)17-6-2-4-8-19(17)22(21)25-20;1-3-7-13-11(5-1)12-6-2-4-8-14(12)16-15(13)17-9-10-18-16;1-7-5-3-2-4-6-7;1-2-4-5-3-1;;;;/h1-13H;1-10H;3-6H,1H3;1-4H2;;;;/q;;-1;;+1;;;. The SMILES string of the molecule is C1CCOC1.Cc1cc[c-]cc1.Fc1ccc(-c2cnc3c4ccccc4c4ccccc4c3n2)cc1.[Li+].[O]=[Mn]=[O].c1ccc2c(c1)c1ccccc1c1nccnc21. The Balaban J connectivity index is 0.000000149. The fourth-order valence-electron chi connectivity index (χ4n) is 6.94. The molecule has 0 unspecified atom stereocenters. The van der Waals surface area contributed by atoms with Crippen LogP contribution in [-0.2, 0) is 27.2 Å². The molecule has 0 bridgehead atoms. The van der Waals surface area contributed by atoms with Crippen LogP contribution in [0.3, 0.4) is 0 Å². The number of benzene rings is 8. The van der Waals surface area contributed by atoms with Gasteiger partial charge in [0.2, 0.25) is 0 Å². The third-order valence-corrected chi connectivity index (χ3v) is 9.63. The van der Waals surface area contributed by atoms with E-state index in [1.165, 1.54) is 57.5 Å². The second-order valence-electron chi connectivity index (χ2n) is 13.4. The van der Waals surface area contributed by atoms with Crippen LogP contribution >= 0.6 is 0 Å². The number of ether oxygens (including phenoxy) is 1. The van der Waals surface area contributed by atoms with E-state index >= 15 is 0 Å². The van der Waals surface area contributed by atoms with Crippen molar-refractivity contribution in [2.45, 2.75) is 19.8 Å². The molecule has 7 nitrogen and oxygen atoms in total. The number of nitrogens with zero attached hydrogens (tertiary/aromatic N) is 4. The maximum atomic E-state index is 13.2. The van der Waals surface area contributed by atoms with Crippen molar-refractivity contribution in [2.75, 3.05) is 13.2 Å². The van der Waals surface area contributed by atoms with Crippen LogP contribution in [0.2, 0.25) is 0 Å². The number of aryl methyl sites for hydroxylation is 1. The average molecular weight is 812 g/mol. The molecular formula is C49H38FLiMnN4O3. The second-order valence-corrected chi connectivity index (χ2v) is 13.6. The number of hydrogen-bond acceptors (Lipinski definition) is 7. The largest absolute Gasteiger partial charge is 0.252 e. The van der Waals surface area contributed by atoms with Gasteiger partial charge in [-0.3, -0.25) is 15.0 Å². The molecule has 2 aromatic heterocycles. The van der Waals surface area contributed by atoms with Gasteiger partial charge in [0.25, 0.3) is 0 Å². The molecule has 59 heavy (non-hydrogen) atoms. The van der Waals surface area contributed by atoms with Gasteiger partial charge >= 0.3 is 41.4 Å². The number of aromatic nitrogens is 4. The van der Waals surface area contributed by atoms with E-state index in [1.54, 1.807) is 30.7 Å². The molecule has 1 aliphatic rings. The van der Waals surface area contributed by atoms with E-state index in [2.05, 4.69) is 83.6 Å². The molecule has 0 saturated carbocycles. The summed E-state index contributed by atoms with van der Waals surface area (Å²) in [7, 11) is 0. The zero-order chi connectivity index (χ0) is 40.1. The van der Waals surface area contributed by atoms with E-state index in [4.69, 9.17) is 22.4 Å². The molecule has 0 radical (unpaired) electrons. The quantitative estimate of drug-likeness (QED) is 0.0928. The third kappa shape index (κ3) is 10.2. The van der Waals surface area contributed by atoms with Gasteiger partial charge in [0.05, 0.1) is 34.0 Å². The van der Waals surface area contributed by atoms with Gasteiger partial charge in [0.15, 0.2) is 0 Å². The average Bonchev–Trinajstić information content (AvgIpc) is 3.89. The number of rotatable bonds is 1. The number of halogens is 1. The second kappa shape index (κ2) is 21.2. The molecule has 287 valence electrons. The van der Waals surface area contributed by atoms with Crippen molar-refractivity contribution < 1.29 is 50.5 Å². The monoisotopic (exact) mass is 811 g/mol. The van der Waals surface area contributed by atoms with E-state index in [9.17, 15) is 4.39 Å². The summed E-state index contributed by atoms with van der Waals surface area (Å²) in [5.74, 6) is -0.256. The Kier molecular flexibility index (Phi) is 15.3. The molecule has 1 saturated heterocycles. The van der Waals surface area contributed by atoms with Gasteiger partial charge in [0.1, 0.15) is 5.82 Å². The Bertz CT molecular complexity index is 2740. The molecule has 0 spiro atoms. The zero-order valence-electron chi connectivity index (χ0n) is 32.7. The van der Waals surface area contributed by atoms with Crippen molar-refractivity contribution in [3.63, 3.8) is 0 Å². The summed E-state index contributed by atoms with van der Waals surface area (Å²) >= 11 is -1.44. The van der Waals surface area contributed by atoms with Crippen molar-refractivity contribution in [1.82, 2.24) is 19.9 Å². The van der Waals surface area contributed by atoms with Crippen LogP contribution in [-0.4, -0.2) is 33.1 Å². The minimum atomic E-state index is -1.44. The van der Waals surface area contributed by atoms with E-state index < -0.39 is 14.8 Å². The smallest absolute Gasteiger partial charge is 0.0971 e. The van der Waals surface area contributed by atoms with Crippen LogP contribution in [0.1, 0.15) is 18.4 Å². The zero-order valence-corrected chi connectivity index (χ0v) is 33.9. The summed E-state index contributed by atoms with van der Waals surface area (Å²) in [6.45, 7) is 4.06. The molecule has 0 amide bonds. The molecule has 10 aromatic rings. The first-order chi connectivity index (χ1) is 28.6. The molecule has 0 aliphatic carbocycles. The molecule has 0 atom stereocenters. The molecule has 1 fully saturated rings. The van der Waals surface area contributed by atoms with E-state index in [1.807, 2.05) is 60.7 Å². The Hall–Kier alpha value is -5.91. The first-order valence-corrected chi connectivity index (χ1v) is 19.8. The minimum Gasteiger partial charge on any atom is -0.252 e. The van der Waals surface area contributed by atoms with Crippen molar-refractivity contribution in [3.8, 4) is 11.3 Å². The summed E-state index contributed by atoms with van der Waals surface area (Å²) in [5.41, 5.74) is 6.61. The van der Waals surface area contributed by atoms with Gasteiger partial charge in [0, 0.05) is 52.7 Å². The van der Waals surface area contributed by atoms with Crippen LogP contribution in [0.5, 0.6) is 0 Å². The van der Waals surface area contributed by atoms with Gasteiger partial charge in [-0.1, -0.05) is 104 Å². The molecular weight excluding hydrogens is 773 g/mol. The molecule has 11 rings (SSSR count). The van der Waals surface area contributed by atoms with E-state index in [0.29, 0.717) is 0 Å². The predicted octanol–water partition coefficient (Wildman–Crippen LogP) is 9.03. The maximum Gasteiger partial charge on any atom is 0.0971 e. The first kappa shape index (κ1) is 42.7. The first-order valence-electron chi connectivity index (χ1n) is 18.8. The van der Waals surface area contributed by atoms with Crippen molar-refractivity contribution in [1.29, 1.82) is 0 Å². The van der Waals surface area contributed by atoms with E-state index in [-0.39, 0.29) is 24.7 Å². The van der Waals surface area contributed by atoms with Crippen LogP contribution in [0, 0.1) is 18.8 Å². The summed E-state index contributed by atoms with van der Waals surface area (Å²) in [4.78, 5) is 18.6. The Morgan fingerprint density at radius 1 is 0.542 bits per heavy atom. The Labute approximate surface area is 359 Å². The Morgan fingerprint density at radius 2 is 0.932 bits per heavy atom. The fraction of sp³-hybridized carbons (Fsp3) is 0.102. The van der Waals surface area contributed by atoms with Crippen LogP contribution < -0.4 is 18.9 Å². The summed E-state index contributed by atoms with van der Waals surface area (Å²) < 4.78 is 35.0. The summed E-state index contributed by atoms with van der Waals surface area (Å²) in [6, 6.07) is 50.4. The summed E-state index contributed by atoms with van der Waals surface area (Å²) in [6.07, 6.45) is 7.82. The molecule has 0 N–H and O–H groups in total. The molecule has 10 heteroatoms. The number of hydrogen-bond donors (Lipinski definition) is 0. The predicted molar refractivity (Wildman–Crippen MR) is 226 cm³/mol. The summed E-state index contributed by atoms with van der Waals surface area (Å²) in [5, 5.41) is 9.31. The van der Waals surface area contributed by atoms with Crippen molar-refractivity contribution >= 4 is 65.2 Å². The Morgan fingerprint density at radius 3 is 1.31 bits per heavy atom.